The molecule has 2 aromatic rings. The molecule has 1 amide bonds. The number of nitrogens with one attached hydrogen (secondary N) is 2. The first kappa shape index (κ1) is 14.8. The predicted molar refractivity (Wildman–Crippen MR) is 88.3 cm³/mol. The van der Waals surface area contributed by atoms with Crippen molar-refractivity contribution in [3.63, 3.8) is 0 Å². The summed E-state index contributed by atoms with van der Waals surface area (Å²) in [4.78, 5) is 12.0. The van der Waals surface area contributed by atoms with E-state index in [9.17, 15) is 4.79 Å². The molecule has 1 heterocycles. The van der Waals surface area contributed by atoms with Crippen LogP contribution in [0.4, 0.5) is 0 Å². The van der Waals surface area contributed by atoms with E-state index in [2.05, 4.69) is 60.0 Å². The van der Waals surface area contributed by atoms with Gasteiger partial charge in [-0.1, -0.05) is 48.0 Å². The van der Waals surface area contributed by atoms with E-state index in [0.717, 1.165) is 19.5 Å². The van der Waals surface area contributed by atoms with Crippen molar-refractivity contribution in [3.8, 4) is 0 Å². The van der Waals surface area contributed by atoms with Crippen LogP contribution in [0.1, 0.15) is 34.2 Å². The van der Waals surface area contributed by atoms with E-state index in [1.807, 2.05) is 0 Å². The highest BCUT2D eigenvalue weighted by Crippen LogP contribution is 2.17. The summed E-state index contributed by atoms with van der Waals surface area (Å²) in [6.45, 7) is 4.58. The third-order valence-electron chi connectivity index (χ3n) is 4.15. The summed E-state index contributed by atoms with van der Waals surface area (Å²) < 4.78 is 0. The van der Waals surface area contributed by atoms with Crippen molar-refractivity contribution >= 4 is 5.91 Å². The average Bonchev–Trinajstić information content (AvgIpc) is 3.00. The maximum absolute atomic E-state index is 12.0. The fraction of sp³-hybridized carbons (Fsp3) is 0.316. The minimum absolute atomic E-state index is 0.110. The molecule has 3 nitrogen and oxygen atoms in total. The number of fused-ring (bicyclic) bond motifs is 1. The van der Waals surface area contributed by atoms with Crippen molar-refractivity contribution < 1.29 is 4.79 Å². The second-order valence-electron chi connectivity index (χ2n) is 5.97. The minimum Gasteiger partial charge on any atom is -0.352 e. The molecule has 0 spiro atoms. The Kier molecular flexibility index (Phi) is 4.54. The van der Waals surface area contributed by atoms with Gasteiger partial charge >= 0.3 is 0 Å². The Morgan fingerprint density at radius 3 is 2.59 bits per heavy atom. The zero-order chi connectivity index (χ0) is 15.4. The maximum atomic E-state index is 12.0. The summed E-state index contributed by atoms with van der Waals surface area (Å²) >= 11 is 0. The molecule has 3 rings (SSSR count). The molecule has 0 radical (unpaired) electrons. The highest BCUT2D eigenvalue weighted by atomic mass is 16.1. The van der Waals surface area contributed by atoms with Crippen LogP contribution in [0.2, 0.25) is 0 Å². The van der Waals surface area contributed by atoms with Gasteiger partial charge in [0.2, 0.25) is 5.91 Å². The predicted octanol–water partition coefficient (Wildman–Crippen LogP) is 2.85. The van der Waals surface area contributed by atoms with E-state index >= 15 is 0 Å². The van der Waals surface area contributed by atoms with Crippen molar-refractivity contribution in [1.82, 2.24) is 10.6 Å². The lowest BCUT2D eigenvalue weighted by Gasteiger charge is -2.07. The lowest BCUT2D eigenvalue weighted by Crippen LogP contribution is -2.23. The zero-order valence-corrected chi connectivity index (χ0v) is 13.0. The smallest absolute Gasteiger partial charge is 0.220 e. The number of aryl methyl sites for hydroxylation is 2. The summed E-state index contributed by atoms with van der Waals surface area (Å²) in [6, 6.07) is 14.8. The number of carbonyl (C=O) groups is 1. The number of amides is 1. The topological polar surface area (TPSA) is 41.1 Å². The molecule has 0 fully saturated rings. The average molecular weight is 294 g/mol. The van der Waals surface area contributed by atoms with Gasteiger partial charge in [-0.15, -0.1) is 0 Å². The van der Waals surface area contributed by atoms with Gasteiger partial charge in [0.15, 0.2) is 0 Å². The third-order valence-corrected chi connectivity index (χ3v) is 4.15. The van der Waals surface area contributed by atoms with Gasteiger partial charge in [0.05, 0.1) is 0 Å². The summed E-state index contributed by atoms with van der Waals surface area (Å²) in [7, 11) is 0. The molecule has 1 aliphatic rings. The lowest BCUT2D eigenvalue weighted by molar-refractivity contribution is -0.121. The van der Waals surface area contributed by atoms with Crippen molar-refractivity contribution in [1.29, 1.82) is 0 Å². The molecule has 1 aliphatic heterocycles. The number of benzene rings is 2. The lowest BCUT2D eigenvalue weighted by atomic mass is 10.1. The molecule has 0 bridgehead atoms. The van der Waals surface area contributed by atoms with E-state index < -0.39 is 0 Å². The van der Waals surface area contributed by atoms with Crippen molar-refractivity contribution in [2.75, 3.05) is 0 Å². The van der Waals surface area contributed by atoms with Crippen molar-refractivity contribution in [3.05, 3.63) is 70.3 Å². The Morgan fingerprint density at radius 2 is 1.77 bits per heavy atom. The summed E-state index contributed by atoms with van der Waals surface area (Å²) in [5.41, 5.74) is 6.36. The monoisotopic (exact) mass is 294 g/mol. The molecule has 0 aliphatic carbocycles. The van der Waals surface area contributed by atoms with Gasteiger partial charge in [-0.3, -0.25) is 4.79 Å². The molecule has 2 aromatic carbocycles. The van der Waals surface area contributed by atoms with Gasteiger partial charge in [-0.05, 0) is 35.6 Å². The Labute approximate surface area is 131 Å². The standard InChI is InChI=1S/C19H22N2O/c1-14-2-4-15(5-3-14)7-9-19(22)21-11-16-6-8-17-12-20-13-18(17)10-16/h2-6,8,10,20H,7,9,11-13H2,1H3,(H,21,22). The van der Waals surface area contributed by atoms with E-state index in [1.54, 1.807) is 0 Å². The number of rotatable bonds is 5. The molecule has 0 aromatic heterocycles. The zero-order valence-electron chi connectivity index (χ0n) is 13.0. The van der Waals surface area contributed by atoms with Crippen LogP contribution in [-0.4, -0.2) is 5.91 Å². The van der Waals surface area contributed by atoms with Crippen LogP contribution in [0, 0.1) is 6.92 Å². The van der Waals surface area contributed by atoms with Gasteiger partial charge in [0.1, 0.15) is 0 Å². The second kappa shape index (κ2) is 6.75. The Morgan fingerprint density at radius 1 is 1.05 bits per heavy atom. The molecule has 2 N–H and O–H groups in total. The first-order valence-corrected chi connectivity index (χ1v) is 7.84. The van der Waals surface area contributed by atoms with E-state index in [4.69, 9.17) is 0 Å². The van der Waals surface area contributed by atoms with E-state index in [-0.39, 0.29) is 5.91 Å². The number of carbonyl (C=O) groups excluding carboxylic acids is 1. The molecule has 22 heavy (non-hydrogen) atoms. The van der Waals surface area contributed by atoms with Crippen LogP contribution in [0.3, 0.4) is 0 Å². The van der Waals surface area contributed by atoms with Crippen LogP contribution >= 0.6 is 0 Å². The van der Waals surface area contributed by atoms with Gasteiger partial charge in [0, 0.05) is 26.1 Å². The fourth-order valence-corrected chi connectivity index (χ4v) is 2.76. The highest BCUT2D eigenvalue weighted by molar-refractivity contribution is 5.76. The molecule has 0 saturated carbocycles. The van der Waals surface area contributed by atoms with Crippen molar-refractivity contribution in [2.24, 2.45) is 0 Å². The number of hydrogen-bond donors (Lipinski definition) is 2. The second-order valence-corrected chi connectivity index (χ2v) is 5.97. The summed E-state index contributed by atoms with van der Waals surface area (Å²) in [6.07, 6.45) is 1.33. The Hall–Kier alpha value is -2.13. The van der Waals surface area contributed by atoms with E-state index in [1.165, 1.54) is 27.8 Å². The SMILES string of the molecule is Cc1ccc(CCC(=O)NCc2ccc3c(c2)CNC3)cc1. The van der Waals surface area contributed by atoms with Gasteiger partial charge < -0.3 is 10.6 Å². The number of hydrogen-bond acceptors (Lipinski definition) is 2. The first-order chi connectivity index (χ1) is 10.7. The van der Waals surface area contributed by atoms with Crippen LogP contribution in [-0.2, 0) is 30.8 Å². The fourth-order valence-electron chi connectivity index (χ4n) is 2.76. The third kappa shape index (κ3) is 3.74. The molecular formula is C19H22N2O. The minimum atomic E-state index is 0.110. The summed E-state index contributed by atoms with van der Waals surface area (Å²) in [5, 5.41) is 6.35. The largest absolute Gasteiger partial charge is 0.352 e. The van der Waals surface area contributed by atoms with Gasteiger partial charge in [-0.25, -0.2) is 0 Å². The van der Waals surface area contributed by atoms with Crippen LogP contribution < -0.4 is 10.6 Å². The molecular weight excluding hydrogens is 272 g/mol. The maximum Gasteiger partial charge on any atom is 0.220 e. The highest BCUT2D eigenvalue weighted by Gasteiger charge is 2.10. The molecule has 3 heteroatoms. The molecule has 114 valence electrons. The molecule has 0 saturated heterocycles. The van der Waals surface area contributed by atoms with Crippen LogP contribution in [0.15, 0.2) is 42.5 Å². The van der Waals surface area contributed by atoms with Gasteiger partial charge in [-0.2, -0.15) is 0 Å². The first-order valence-electron chi connectivity index (χ1n) is 7.84. The van der Waals surface area contributed by atoms with Crippen LogP contribution in [0.25, 0.3) is 0 Å². The van der Waals surface area contributed by atoms with Crippen molar-refractivity contribution in [2.45, 2.75) is 39.4 Å². The van der Waals surface area contributed by atoms with E-state index in [0.29, 0.717) is 13.0 Å². The Bertz CT molecular complexity index is 662. The quantitative estimate of drug-likeness (QED) is 0.890. The van der Waals surface area contributed by atoms with Crippen LogP contribution in [0.5, 0.6) is 0 Å². The summed E-state index contributed by atoms with van der Waals surface area (Å²) in [5.74, 6) is 0.110. The normalized spacial score (nSPS) is 13.0. The molecule has 0 atom stereocenters. The van der Waals surface area contributed by atoms with Gasteiger partial charge in [0.25, 0.3) is 0 Å². The Balaban J connectivity index is 1.47. The molecule has 0 unspecified atom stereocenters.